The fraction of sp³-hybridized carbons (Fsp3) is 0.692. The first-order chi connectivity index (χ1) is 8.36. The number of aliphatic hydroxyl groups is 1. The molecule has 5 nitrogen and oxygen atoms in total. The minimum absolute atomic E-state index is 0.128. The Kier molecular flexibility index (Phi) is 4.90. The van der Waals surface area contributed by atoms with Crippen LogP contribution in [0.1, 0.15) is 45.0 Å². The molecular formula is C13H24N4O. The number of nitrogens with two attached hydrogens (primary N) is 1. The average Bonchev–Trinajstić information content (AvgIpc) is 2.33. The van der Waals surface area contributed by atoms with Gasteiger partial charge in [0.25, 0.3) is 0 Å². The summed E-state index contributed by atoms with van der Waals surface area (Å²) in [6, 6.07) is 0.128. The molecule has 1 aromatic heterocycles. The lowest BCUT2D eigenvalue weighted by Gasteiger charge is -2.22. The zero-order valence-electron chi connectivity index (χ0n) is 11.9. The summed E-state index contributed by atoms with van der Waals surface area (Å²) in [5, 5.41) is 12.5. The number of rotatable bonds is 5. The van der Waals surface area contributed by atoms with Crippen molar-refractivity contribution in [2.24, 2.45) is 5.92 Å². The lowest BCUT2D eigenvalue weighted by atomic mass is 10.1. The van der Waals surface area contributed by atoms with Crippen LogP contribution in [0, 0.1) is 12.8 Å². The fourth-order valence-electron chi connectivity index (χ4n) is 1.47. The van der Waals surface area contributed by atoms with Crippen molar-refractivity contribution in [3.8, 4) is 0 Å². The predicted octanol–water partition coefficient (Wildman–Crippen LogP) is 1.92. The normalized spacial score (nSPS) is 14.6. The van der Waals surface area contributed by atoms with Gasteiger partial charge in [0.1, 0.15) is 17.5 Å². The van der Waals surface area contributed by atoms with E-state index in [2.05, 4.69) is 15.3 Å². The Morgan fingerprint density at radius 1 is 1.22 bits per heavy atom. The maximum absolute atomic E-state index is 9.15. The van der Waals surface area contributed by atoms with E-state index in [1.807, 2.05) is 34.6 Å². The number of nitrogen functional groups attached to an aromatic ring is 1. The van der Waals surface area contributed by atoms with Gasteiger partial charge in [0.2, 0.25) is 0 Å². The average molecular weight is 252 g/mol. The van der Waals surface area contributed by atoms with E-state index in [9.17, 15) is 0 Å². The highest BCUT2D eigenvalue weighted by Crippen LogP contribution is 2.22. The summed E-state index contributed by atoms with van der Waals surface area (Å²) in [5.41, 5.74) is 6.76. The molecule has 1 heterocycles. The smallest absolute Gasteiger partial charge is 0.135 e. The largest absolute Gasteiger partial charge is 0.396 e. The number of nitrogens with zero attached hydrogens (tertiary/aromatic N) is 2. The lowest BCUT2D eigenvalue weighted by molar-refractivity contribution is 0.226. The van der Waals surface area contributed by atoms with Crippen molar-refractivity contribution in [1.82, 2.24) is 9.97 Å². The van der Waals surface area contributed by atoms with Crippen molar-refractivity contribution < 1.29 is 5.11 Å². The molecule has 0 fully saturated rings. The number of anilines is 2. The van der Waals surface area contributed by atoms with Gasteiger partial charge >= 0.3 is 0 Å². The summed E-state index contributed by atoms with van der Waals surface area (Å²) < 4.78 is 0. The van der Waals surface area contributed by atoms with Gasteiger partial charge in [-0.05, 0) is 19.8 Å². The van der Waals surface area contributed by atoms with Gasteiger partial charge in [0, 0.05) is 24.1 Å². The topological polar surface area (TPSA) is 84.1 Å². The molecule has 2 unspecified atom stereocenters. The van der Waals surface area contributed by atoms with Gasteiger partial charge < -0.3 is 16.2 Å². The van der Waals surface area contributed by atoms with Gasteiger partial charge in [-0.15, -0.1) is 0 Å². The minimum atomic E-state index is 0.128. The van der Waals surface area contributed by atoms with Crippen LogP contribution in [0.3, 0.4) is 0 Å². The van der Waals surface area contributed by atoms with Crippen LogP contribution in [0.15, 0.2) is 0 Å². The van der Waals surface area contributed by atoms with E-state index in [0.717, 1.165) is 17.2 Å². The van der Waals surface area contributed by atoms with E-state index in [1.165, 1.54) is 0 Å². The second-order valence-corrected chi connectivity index (χ2v) is 5.19. The molecular weight excluding hydrogens is 228 g/mol. The Morgan fingerprint density at radius 3 is 2.33 bits per heavy atom. The van der Waals surface area contributed by atoms with E-state index in [4.69, 9.17) is 10.8 Å². The summed E-state index contributed by atoms with van der Waals surface area (Å²) in [4.78, 5) is 8.79. The second kappa shape index (κ2) is 6.00. The Morgan fingerprint density at radius 2 is 1.83 bits per heavy atom. The highest BCUT2D eigenvalue weighted by atomic mass is 16.3. The van der Waals surface area contributed by atoms with E-state index in [1.54, 1.807) is 0 Å². The molecule has 0 saturated carbocycles. The SMILES string of the molecule is Cc1c(N)nc(C(C)C)nc1NC(C)C(C)CO. The van der Waals surface area contributed by atoms with Gasteiger partial charge in [-0.2, -0.15) is 0 Å². The molecule has 0 spiro atoms. The van der Waals surface area contributed by atoms with Crippen molar-refractivity contribution in [3.05, 3.63) is 11.4 Å². The summed E-state index contributed by atoms with van der Waals surface area (Å²) in [6.45, 7) is 10.1. The van der Waals surface area contributed by atoms with Crippen LogP contribution in [0.2, 0.25) is 0 Å². The van der Waals surface area contributed by atoms with E-state index in [-0.39, 0.29) is 24.5 Å². The first-order valence-electron chi connectivity index (χ1n) is 6.38. The molecule has 1 aromatic rings. The van der Waals surface area contributed by atoms with Gasteiger partial charge in [0.05, 0.1) is 0 Å². The van der Waals surface area contributed by atoms with Gasteiger partial charge in [-0.25, -0.2) is 9.97 Å². The molecule has 0 bridgehead atoms. The molecule has 0 amide bonds. The molecule has 0 aliphatic carbocycles. The van der Waals surface area contributed by atoms with Crippen molar-refractivity contribution in [3.63, 3.8) is 0 Å². The van der Waals surface area contributed by atoms with Crippen molar-refractivity contribution in [1.29, 1.82) is 0 Å². The summed E-state index contributed by atoms with van der Waals surface area (Å²) in [5.74, 6) is 2.41. The van der Waals surface area contributed by atoms with Crippen LogP contribution >= 0.6 is 0 Å². The molecule has 0 aliphatic heterocycles. The van der Waals surface area contributed by atoms with Crippen LogP contribution in [-0.4, -0.2) is 27.7 Å². The maximum Gasteiger partial charge on any atom is 0.135 e. The molecule has 0 aromatic carbocycles. The monoisotopic (exact) mass is 252 g/mol. The Balaban J connectivity index is 3.00. The zero-order valence-corrected chi connectivity index (χ0v) is 11.9. The Labute approximate surface area is 109 Å². The van der Waals surface area contributed by atoms with Crippen LogP contribution < -0.4 is 11.1 Å². The standard InChI is InChI=1S/C13H24N4O/c1-7(2)12-16-11(14)9(4)13(17-12)15-10(5)8(3)6-18/h7-8,10,18H,6H2,1-5H3,(H3,14,15,16,17). The second-order valence-electron chi connectivity index (χ2n) is 5.19. The third kappa shape index (κ3) is 3.32. The Hall–Kier alpha value is -1.36. The van der Waals surface area contributed by atoms with Gasteiger partial charge in [-0.3, -0.25) is 0 Å². The number of hydrogen-bond donors (Lipinski definition) is 3. The number of hydrogen-bond acceptors (Lipinski definition) is 5. The molecule has 4 N–H and O–H groups in total. The minimum Gasteiger partial charge on any atom is -0.396 e. The van der Waals surface area contributed by atoms with Crippen LogP contribution in [0.5, 0.6) is 0 Å². The van der Waals surface area contributed by atoms with Gasteiger partial charge in [0.15, 0.2) is 0 Å². The van der Waals surface area contributed by atoms with Crippen molar-refractivity contribution in [2.75, 3.05) is 17.7 Å². The number of nitrogens with one attached hydrogen (secondary N) is 1. The van der Waals surface area contributed by atoms with E-state index in [0.29, 0.717) is 5.82 Å². The third-order valence-electron chi connectivity index (χ3n) is 3.22. The molecule has 5 heteroatoms. The molecule has 0 radical (unpaired) electrons. The number of aromatic nitrogens is 2. The predicted molar refractivity (Wildman–Crippen MR) is 74.6 cm³/mol. The Bertz CT molecular complexity index is 406. The fourth-order valence-corrected chi connectivity index (χ4v) is 1.47. The molecule has 102 valence electrons. The van der Waals surface area contributed by atoms with Crippen LogP contribution in [0.4, 0.5) is 11.6 Å². The first kappa shape index (κ1) is 14.7. The maximum atomic E-state index is 9.15. The third-order valence-corrected chi connectivity index (χ3v) is 3.22. The molecule has 2 atom stereocenters. The highest BCUT2D eigenvalue weighted by Gasteiger charge is 2.16. The van der Waals surface area contributed by atoms with E-state index >= 15 is 0 Å². The molecule has 0 aliphatic rings. The van der Waals surface area contributed by atoms with Crippen molar-refractivity contribution >= 4 is 11.6 Å². The van der Waals surface area contributed by atoms with Crippen LogP contribution in [-0.2, 0) is 0 Å². The van der Waals surface area contributed by atoms with Crippen molar-refractivity contribution in [2.45, 2.75) is 46.6 Å². The molecule has 0 saturated heterocycles. The summed E-state index contributed by atoms with van der Waals surface area (Å²) in [7, 11) is 0. The highest BCUT2D eigenvalue weighted by molar-refractivity contribution is 5.55. The lowest BCUT2D eigenvalue weighted by Crippen LogP contribution is -2.27. The molecule has 18 heavy (non-hydrogen) atoms. The van der Waals surface area contributed by atoms with Crippen LogP contribution in [0.25, 0.3) is 0 Å². The number of aliphatic hydroxyl groups excluding tert-OH is 1. The van der Waals surface area contributed by atoms with Gasteiger partial charge in [-0.1, -0.05) is 20.8 Å². The molecule has 1 rings (SSSR count). The zero-order chi connectivity index (χ0) is 13.9. The first-order valence-corrected chi connectivity index (χ1v) is 6.38. The summed E-state index contributed by atoms with van der Waals surface area (Å²) in [6.07, 6.45) is 0. The van der Waals surface area contributed by atoms with E-state index < -0.39 is 0 Å². The quantitative estimate of drug-likeness (QED) is 0.745. The summed E-state index contributed by atoms with van der Waals surface area (Å²) >= 11 is 0.